The third-order valence-electron chi connectivity index (χ3n) is 5.12. The summed E-state index contributed by atoms with van der Waals surface area (Å²) in [5.74, 6) is 1.14. The van der Waals surface area contributed by atoms with Gasteiger partial charge >= 0.3 is 0 Å². The number of nitrogens with two attached hydrogens (primary N) is 1. The second kappa shape index (κ2) is 7.95. The molecule has 0 radical (unpaired) electrons. The monoisotopic (exact) mass is 392 g/mol. The molecular formula is C22H25FN6. The maximum atomic E-state index is 13.2. The largest absolute Gasteiger partial charge is 0.393 e. The molecule has 1 aromatic heterocycles. The Kier molecular flexibility index (Phi) is 5.20. The molecule has 3 N–H and O–H groups in total. The van der Waals surface area contributed by atoms with Gasteiger partial charge < -0.3 is 20.9 Å². The minimum absolute atomic E-state index is 0.218. The van der Waals surface area contributed by atoms with Gasteiger partial charge in [0.25, 0.3) is 0 Å². The van der Waals surface area contributed by atoms with Crippen molar-refractivity contribution in [3.05, 3.63) is 65.7 Å². The molecule has 0 atom stereocenters. The first-order valence-corrected chi connectivity index (χ1v) is 9.71. The maximum Gasteiger partial charge on any atom is 0.159 e. The van der Waals surface area contributed by atoms with Crippen LogP contribution in [0.15, 0.2) is 48.8 Å². The van der Waals surface area contributed by atoms with Gasteiger partial charge in [-0.15, -0.1) is 0 Å². The fourth-order valence-electron chi connectivity index (χ4n) is 3.75. The summed E-state index contributed by atoms with van der Waals surface area (Å²) < 4.78 is 13.2. The summed E-state index contributed by atoms with van der Waals surface area (Å²) in [6.45, 7) is 7.31. The number of nitrogen functional groups attached to an aromatic ring is 1. The Labute approximate surface area is 170 Å². The summed E-state index contributed by atoms with van der Waals surface area (Å²) in [6, 6.07) is 12.9. The van der Waals surface area contributed by atoms with Gasteiger partial charge in [-0.1, -0.05) is 6.07 Å². The van der Waals surface area contributed by atoms with Crippen LogP contribution in [0.4, 0.5) is 33.1 Å². The minimum atomic E-state index is -0.218. The van der Waals surface area contributed by atoms with Gasteiger partial charge in [0.15, 0.2) is 11.6 Å². The molecular weight excluding hydrogens is 367 g/mol. The highest BCUT2D eigenvalue weighted by molar-refractivity contribution is 5.78. The molecule has 7 heteroatoms. The van der Waals surface area contributed by atoms with E-state index in [-0.39, 0.29) is 5.82 Å². The van der Waals surface area contributed by atoms with Crippen LogP contribution in [-0.4, -0.2) is 36.1 Å². The number of aryl methyl sites for hydroxylation is 2. The highest BCUT2D eigenvalue weighted by Gasteiger charge is 2.21. The van der Waals surface area contributed by atoms with E-state index in [1.165, 1.54) is 23.3 Å². The summed E-state index contributed by atoms with van der Waals surface area (Å²) in [6.07, 6.45) is 1.54. The van der Waals surface area contributed by atoms with Gasteiger partial charge in [0.05, 0.1) is 0 Å². The van der Waals surface area contributed by atoms with Crippen molar-refractivity contribution in [1.82, 2.24) is 9.97 Å². The third kappa shape index (κ3) is 4.23. The number of hydrogen-bond donors (Lipinski definition) is 2. The van der Waals surface area contributed by atoms with E-state index >= 15 is 0 Å². The van der Waals surface area contributed by atoms with E-state index in [9.17, 15) is 4.39 Å². The van der Waals surface area contributed by atoms with Crippen LogP contribution in [0.5, 0.6) is 0 Å². The normalized spacial score (nSPS) is 14.2. The van der Waals surface area contributed by atoms with Gasteiger partial charge in [-0.05, 0) is 61.4 Å². The number of nitrogens with one attached hydrogen (secondary N) is 1. The highest BCUT2D eigenvalue weighted by atomic mass is 19.1. The van der Waals surface area contributed by atoms with Crippen LogP contribution in [0, 0.1) is 19.7 Å². The summed E-state index contributed by atoms with van der Waals surface area (Å²) in [5, 5.41) is 3.32. The van der Waals surface area contributed by atoms with E-state index < -0.39 is 0 Å². The standard InChI is InChI=1S/C22H25FN6/c1-15-11-16(2)13-18(12-15)27-21-20(24)22(26-14-25-21)29-9-7-28(8-10-29)19-5-3-17(23)4-6-19/h3-6,11-14H,7-10,24H2,1-2H3,(H,25,26,27). The second-order valence-corrected chi connectivity index (χ2v) is 7.41. The molecule has 29 heavy (non-hydrogen) atoms. The van der Waals surface area contributed by atoms with Crippen molar-refractivity contribution >= 4 is 28.7 Å². The van der Waals surface area contributed by atoms with Crippen LogP contribution in [0.1, 0.15) is 11.1 Å². The Bertz CT molecular complexity index is 976. The molecule has 0 aliphatic carbocycles. The number of benzene rings is 2. The lowest BCUT2D eigenvalue weighted by Gasteiger charge is -2.37. The van der Waals surface area contributed by atoms with Gasteiger partial charge in [-0.2, -0.15) is 0 Å². The van der Waals surface area contributed by atoms with E-state index in [2.05, 4.69) is 57.1 Å². The van der Waals surface area contributed by atoms with Gasteiger partial charge in [0, 0.05) is 37.6 Å². The fourth-order valence-corrected chi connectivity index (χ4v) is 3.75. The molecule has 0 amide bonds. The first-order valence-electron chi connectivity index (χ1n) is 9.71. The number of piperazine rings is 1. The van der Waals surface area contributed by atoms with Gasteiger partial charge in [-0.25, -0.2) is 14.4 Å². The van der Waals surface area contributed by atoms with Crippen molar-refractivity contribution in [1.29, 1.82) is 0 Å². The lowest BCUT2D eigenvalue weighted by molar-refractivity contribution is 0.624. The maximum absolute atomic E-state index is 13.2. The van der Waals surface area contributed by atoms with E-state index in [1.807, 2.05) is 12.1 Å². The van der Waals surface area contributed by atoms with Crippen LogP contribution >= 0.6 is 0 Å². The molecule has 3 aromatic rings. The predicted octanol–water partition coefficient (Wildman–Crippen LogP) is 3.88. The lowest BCUT2D eigenvalue weighted by Crippen LogP contribution is -2.47. The Morgan fingerprint density at radius 1 is 0.897 bits per heavy atom. The van der Waals surface area contributed by atoms with Crippen molar-refractivity contribution in [2.24, 2.45) is 0 Å². The quantitative estimate of drug-likeness (QED) is 0.702. The number of aromatic nitrogens is 2. The zero-order valence-corrected chi connectivity index (χ0v) is 16.7. The third-order valence-corrected chi connectivity index (χ3v) is 5.12. The van der Waals surface area contributed by atoms with Crippen LogP contribution < -0.4 is 20.9 Å². The summed E-state index contributed by atoms with van der Waals surface area (Å²) in [4.78, 5) is 13.2. The lowest BCUT2D eigenvalue weighted by atomic mass is 10.1. The zero-order chi connectivity index (χ0) is 20.4. The SMILES string of the molecule is Cc1cc(C)cc(Nc2ncnc(N3CCN(c4ccc(F)cc4)CC3)c2N)c1. The smallest absolute Gasteiger partial charge is 0.159 e. The molecule has 150 valence electrons. The highest BCUT2D eigenvalue weighted by Crippen LogP contribution is 2.30. The van der Waals surface area contributed by atoms with Crippen LogP contribution in [-0.2, 0) is 0 Å². The number of hydrogen-bond acceptors (Lipinski definition) is 6. The molecule has 6 nitrogen and oxygen atoms in total. The predicted molar refractivity (Wildman–Crippen MR) is 116 cm³/mol. The summed E-state index contributed by atoms with van der Waals surface area (Å²) in [7, 11) is 0. The Morgan fingerprint density at radius 3 is 2.17 bits per heavy atom. The fraction of sp³-hybridized carbons (Fsp3) is 0.273. The molecule has 0 unspecified atom stereocenters. The average Bonchev–Trinajstić information content (AvgIpc) is 2.70. The zero-order valence-electron chi connectivity index (χ0n) is 16.7. The van der Waals surface area contributed by atoms with Gasteiger partial charge in [-0.3, -0.25) is 0 Å². The number of nitrogens with zero attached hydrogens (tertiary/aromatic N) is 4. The van der Waals surface area contributed by atoms with Gasteiger partial charge in [0.1, 0.15) is 17.8 Å². The minimum Gasteiger partial charge on any atom is -0.393 e. The topological polar surface area (TPSA) is 70.3 Å². The average molecular weight is 392 g/mol. The molecule has 0 bridgehead atoms. The molecule has 2 aromatic carbocycles. The van der Waals surface area contributed by atoms with Crippen molar-refractivity contribution in [3.63, 3.8) is 0 Å². The van der Waals surface area contributed by atoms with Crippen LogP contribution in [0.2, 0.25) is 0 Å². The molecule has 4 rings (SSSR count). The van der Waals surface area contributed by atoms with Crippen molar-refractivity contribution < 1.29 is 4.39 Å². The van der Waals surface area contributed by atoms with E-state index in [0.29, 0.717) is 11.5 Å². The first-order chi connectivity index (χ1) is 14.0. The number of anilines is 5. The Morgan fingerprint density at radius 2 is 1.52 bits per heavy atom. The molecule has 0 saturated carbocycles. The van der Waals surface area contributed by atoms with Crippen molar-refractivity contribution in [2.45, 2.75) is 13.8 Å². The molecule has 1 aliphatic rings. The Balaban J connectivity index is 1.48. The molecule has 1 fully saturated rings. The summed E-state index contributed by atoms with van der Waals surface area (Å²) in [5.41, 5.74) is 11.3. The van der Waals surface area contributed by atoms with Crippen molar-refractivity contribution in [3.8, 4) is 0 Å². The molecule has 2 heterocycles. The van der Waals surface area contributed by atoms with Gasteiger partial charge in [0.2, 0.25) is 0 Å². The van der Waals surface area contributed by atoms with E-state index in [4.69, 9.17) is 5.73 Å². The van der Waals surface area contributed by atoms with E-state index in [1.54, 1.807) is 6.33 Å². The first kappa shape index (κ1) is 19.0. The second-order valence-electron chi connectivity index (χ2n) is 7.41. The van der Waals surface area contributed by atoms with Crippen LogP contribution in [0.25, 0.3) is 0 Å². The van der Waals surface area contributed by atoms with Crippen LogP contribution in [0.3, 0.4) is 0 Å². The van der Waals surface area contributed by atoms with E-state index in [0.717, 1.165) is 43.4 Å². The van der Waals surface area contributed by atoms with Crippen molar-refractivity contribution in [2.75, 3.05) is 47.0 Å². The molecule has 1 aliphatic heterocycles. The molecule has 1 saturated heterocycles. The Hall–Kier alpha value is -3.35. The number of halogens is 1. The number of rotatable bonds is 4. The molecule has 0 spiro atoms. The summed E-state index contributed by atoms with van der Waals surface area (Å²) >= 11 is 0.